The molecule has 0 aromatic heterocycles. The van der Waals surface area contributed by atoms with E-state index in [1.54, 1.807) is 0 Å². The van der Waals surface area contributed by atoms with E-state index in [2.05, 4.69) is 37.9 Å². The Bertz CT molecular complexity index is 189. The maximum atomic E-state index is 6.01. The molecule has 0 amide bonds. The number of nitrogens with one attached hydrogen (secondary N) is 1. The Morgan fingerprint density at radius 1 is 1.24 bits per heavy atom. The summed E-state index contributed by atoms with van der Waals surface area (Å²) in [6.45, 7) is 14.1. The van der Waals surface area contributed by atoms with Crippen molar-refractivity contribution < 1.29 is 4.74 Å². The Labute approximate surface area is 107 Å². The molecule has 0 aromatic carbocycles. The fourth-order valence-corrected chi connectivity index (χ4v) is 1.93. The van der Waals surface area contributed by atoms with Crippen LogP contribution >= 0.6 is 0 Å². The summed E-state index contributed by atoms with van der Waals surface area (Å²) in [5.41, 5.74) is 0. The third-order valence-electron chi connectivity index (χ3n) is 3.56. The van der Waals surface area contributed by atoms with Gasteiger partial charge in [-0.3, -0.25) is 0 Å². The van der Waals surface area contributed by atoms with Crippen molar-refractivity contribution in [3.05, 3.63) is 0 Å². The van der Waals surface area contributed by atoms with Crippen molar-refractivity contribution in [2.75, 3.05) is 32.8 Å². The number of ether oxygens (including phenoxy) is 1. The molecule has 0 bridgehead atoms. The molecule has 1 fully saturated rings. The minimum Gasteiger partial charge on any atom is -0.375 e. The van der Waals surface area contributed by atoms with Crippen LogP contribution in [0.4, 0.5) is 0 Å². The minimum atomic E-state index is 0.367. The van der Waals surface area contributed by atoms with Gasteiger partial charge in [0, 0.05) is 19.1 Å². The first-order chi connectivity index (χ1) is 8.17. The van der Waals surface area contributed by atoms with Crippen LogP contribution in [-0.4, -0.2) is 49.8 Å². The average Bonchev–Trinajstić information content (AvgIpc) is 3.12. The van der Waals surface area contributed by atoms with Crippen LogP contribution < -0.4 is 5.32 Å². The largest absolute Gasteiger partial charge is 0.375 e. The Morgan fingerprint density at radius 2 is 1.88 bits per heavy atom. The first-order valence-corrected chi connectivity index (χ1v) is 7.24. The second kappa shape index (κ2) is 8.06. The van der Waals surface area contributed by atoms with Crippen molar-refractivity contribution in [3.63, 3.8) is 0 Å². The van der Waals surface area contributed by atoms with Gasteiger partial charge in [-0.25, -0.2) is 0 Å². The van der Waals surface area contributed by atoms with E-state index in [1.807, 2.05) is 0 Å². The van der Waals surface area contributed by atoms with Crippen LogP contribution in [0.15, 0.2) is 0 Å². The molecule has 17 heavy (non-hydrogen) atoms. The third-order valence-corrected chi connectivity index (χ3v) is 3.56. The monoisotopic (exact) mass is 242 g/mol. The summed E-state index contributed by atoms with van der Waals surface area (Å²) in [5, 5.41) is 3.57. The topological polar surface area (TPSA) is 24.5 Å². The normalized spacial score (nSPS) is 18.0. The second-order valence-electron chi connectivity index (χ2n) is 5.36. The van der Waals surface area contributed by atoms with Gasteiger partial charge in [0.25, 0.3) is 0 Å². The second-order valence-corrected chi connectivity index (χ2v) is 5.36. The zero-order valence-electron chi connectivity index (χ0n) is 12.0. The predicted molar refractivity (Wildman–Crippen MR) is 73.4 cm³/mol. The summed E-state index contributed by atoms with van der Waals surface area (Å²) >= 11 is 0. The quantitative estimate of drug-likeness (QED) is 0.635. The fraction of sp³-hybridized carbons (Fsp3) is 1.00. The molecule has 0 aliphatic heterocycles. The molecule has 1 saturated carbocycles. The molecule has 0 aromatic rings. The van der Waals surface area contributed by atoms with E-state index in [4.69, 9.17) is 4.74 Å². The zero-order chi connectivity index (χ0) is 12.7. The number of hydrogen-bond acceptors (Lipinski definition) is 3. The van der Waals surface area contributed by atoms with E-state index in [0.29, 0.717) is 12.0 Å². The van der Waals surface area contributed by atoms with Gasteiger partial charge in [-0.05, 0) is 31.8 Å². The van der Waals surface area contributed by atoms with Crippen molar-refractivity contribution in [3.8, 4) is 0 Å². The molecule has 0 radical (unpaired) electrons. The van der Waals surface area contributed by atoms with Gasteiger partial charge in [-0.15, -0.1) is 0 Å². The van der Waals surface area contributed by atoms with E-state index in [0.717, 1.165) is 38.8 Å². The molecule has 0 spiro atoms. The van der Waals surface area contributed by atoms with Gasteiger partial charge in [-0.2, -0.15) is 0 Å². The smallest absolute Gasteiger partial charge is 0.0723 e. The number of hydrogen-bond donors (Lipinski definition) is 1. The van der Waals surface area contributed by atoms with Gasteiger partial charge >= 0.3 is 0 Å². The Kier molecular flexibility index (Phi) is 7.09. The summed E-state index contributed by atoms with van der Waals surface area (Å²) in [7, 11) is 0. The number of nitrogens with zero attached hydrogens (tertiary/aromatic N) is 1. The predicted octanol–water partition coefficient (Wildman–Crippen LogP) is 2.12. The maximum absolute atomic E-state index is 6.01. The van der Waals surface area contributed by atoms with Crippen LogP contribution in [0.25, 0.3) is 0 Å². The lowest BCUT2D eigenvalue weighted by molar-refractivity contribution is 0.0120. The molecule has 0 heterocycles. The van der Waals surface area contributed by atoms with Gasteiger partial charge in [0.15, 0.2) is 0 Å². The van der Waals surface area contributed by atoms with Gasteiger partial charge in [-0.1, -0.05) is 27.7 Å². The first-order valence-electron chi connectivity index (χ1n) is 7.24. The van der Waals surface area contributed by atoms with Crippen LogP contribution in [-0.2, 0) is 4.74 Å². The fourth-order valence-electron chi connectivity index (χ4n) is 1.93. The van der Waals surface area contributed by atoms with Gasteiger partial charge < -0.3 is 15.0 Å². The molecule has 102 valence electrons. The molecule has 1 N–H and O–H groups in total. The van der Waals surface area contributed by atoms with E-state index >= 15 is 0 Å². The SMILES string of the molecule is CCN(CC)CCOC(CNC1CC1)C(C)C. The maximum Gasteiger partial charge on any atom is 0.0723 e. The molecule has 3 nitrogen and oxygen atoms in total. The highest BCUT2D eigenvalue weighted by atomic mass is 16.5. The van der Waals surface area contributed by atoms with Gasteiger partial charge in [0.1, 0.15) is 0 Å². The molecule has 1 aliphatic carbocycles. The van der Waals surface area contributed by atoms with Crippen LogP contribution in [0.5, 0.6) is 0 Å². The molecule has 0 saturated heterocycles. The number of rotatable bonds is 10. The van der Waals surface area contributed by atoms with Crippen LogP contribution in [0.3, 0.4) is 0 Å². The summed E-state index contributed by atoms with van der Waals surface area (Å²) in [6, 6.07) is 0.780. The molecule has 3 heteroatoms. The summed E-state index contributed by atoms with van der Waals surface area (Å²) in [5.74, 6) is 0.595. The van der Waals surface area contributed by atoms with Crippen LogP contribution in [0, 0.1) is 5.92 Å². The van der Waals surface area contributed by atoms with E-state index < -0.39 is 0 Å². The molecule has 1 unspecified atom stereocenters. The summed E-state index contributed by atoms with van der Waals surface area (Å²) < 4.78 is 6.01. The molecular weight excluding hydrogens is 212 g/mol. The van der Waals surface area contributed by atoms with Crippen molar-refractivity contribution in [1.82, 2.24) is 10.2 Å². The minimum absolute atomic E-state index is 0.367. The Morgan fingerprint density at radius 3 is 2.35 bits per heavy atom. The van der Waals surface area contributed by atoms with Crippen LogP contribution in [0.2, 0.25) is 0 Å². The number of likely N-dealkylation sites (N-methyl/N-ethyl adjacent to an activating group) is 1. The first kappa shape index (κ1) is 14.9. The third kappa shape index (κ3) is 6.39. The molecule has 1 atom stereocenters. The average molecular weight is 242 g/mol. The molecule has 1 aliphatic rings. The van der Waals surface area contributed by atoms with Crippen LogP contribution in [0.1, 0.15) is 40.5 Å². The van der Waals surface area contributed by atoms with Gasteiger partial charge in [0.05, 0.1) is 12.7 Å². The highest BCUT2D eigenvalue weighted by molar-refractivity contribution is 4.82. The lowest BCUT2D eigenvalue weighted by Crippen LogP contribution is -2.36. The lowest BCUT2D eigenvalue weighted by atomic mass is 10.1. The van der Waals surface area contributed by atoms with E-state index in [9.17, 15) is 0 Å². The molecular formula is C14H30N2O. The van der Waals surface area contributed by atoms with Crippen molar-refractivity contribution in [1.29, 1.82) is 0 Å². The van der Waals surface area contributed by atoms with E-state index in [-0.39, 0.29) is 0 Å². The molecule has 1 rings (SSSR count). The highest BCUT2D eigenvalue weighted by Gasteiger charge is 2.23. The van der Waals surface area contributed by atoms with Gasteiger partial charge in [0.2, 0.25) is 0 Å². The highest BCUT2D eigenvalue weighted by Crippen LogP contribution is 2.19. The van der Waals surface area contributed by atoms with Crippen molar-refractivity contribution in [2.24, 2.45) is 5.92 Å². The standard InChI is InChI=1S/C14H30N2O/c1-5-16(6-2)9-10-17-14(12(3)4)11-15-13-7-8-13/h12-15H,5-11H2,1-4H3. The Balaban J connectivity index is 2.13. The zero-order valence-corrected chi connectivity index (χ0v) is 12.0. The lowest BCUT2D eigenvalue weighted by Gasteiger charge is -2.24. The summed E-state index contributed by atoms with van der Waals surface area (Å²) in [4.78, 5) is 2.41. The Hall–Kier alpha value is -0.120. The van der Waals surface area contributed by atoms with Crippen molar-refractivity contribution in [2.45, 2.75) is 52.7 Å². The summed E-state index contributed by atoms with van der Waals surface area (Å²) in [6.07, 6.45) is 3.07. The van der Waals surface area contributed by atoms with Crippen molar-refractivity contribution >= 4 is 0 Å². The van der Waals surface area contributed by atoms with E-state index in [1.165, 1.54) is 12.8 Å².